The average Bonchev–Trinajstić information content (AvgIpc) is 3.11. The zero-order valence-electron chi connectivity index (χ0n) is 12.4. The highest BCUT2D eigenvalue weighted by molar-refractivity contribution is 8.00. The monoisotopic (exact) mass is 309 g/mol. The molecule has 112 valence electrons. The lowest BCUT2D eigenvalue weighted by atomic mass is 10.0. The zero-order valence-corrected chi connectivity index (χ0v) is 13.2. The highest BCUT2D eigenvalue weighted by Gasteiger charge is 2.19. The molecule has 0 saturated carbocycles. The minimum absolute atomic E-state index is 0.196. The van der Waals surface area contributed by atoms with Gasteiger partial charge in [-0.1, -0.05) is 72.8 Å². The van der Waals surface area contributed by atoms with Crippen molar-refractivity contribution in [2.45, 2.75) is 5.25 Å². The molecule has 1 aliphatic heterocycles. The van der Waals surface area contributed by atoms with Gasteiger partial charge in [-0.2, -0.15) is 0 Å². The Bertz CT molecular complexity index is 591. The van der Waals surface area contributed by atoms with Gasteiger partial charge in [-0.3, -0.25) is 4.79 Å². The predicted octanol–water partition coefficient (Wildman–Crippen LogP) is 3.91. The van der Waals surface area contributed by atoms with E-state index >= 15 is 0 Å². The SMILES string of the molecule is O=C(CSC(c1ccccc1)c1ccccc1)N1CC=CC1. The molecule has 0 atom stereocenters. The fraction of sp³-hybridized carbons (Fsp3) is 0.211. The first-order chi connectivity index (χ1) is 10.8. The Kier molecular flexibility index (Phi) is 4.96. The van der Waals surface area contributed by atoms with Gasteiger partial charge in [-0.05, 0) is 11.1 Å². The quantitative estimate of drug-likeness (QED) is 0.781. The van der Waals surface area contributed by atoms with Crippen molar-refractivity contribution < 1.29 is 4.79 Å². The molecule has 1 heterocycles. The van der Waals surface area contributed by atoms with Gasteiger partial charge in [0.1, 0.15) is 0 Å². The molecule has 0 bridgehead atoms. The second-order valence-electron chi connectivity index (χ2n) is 5.28. The summed E-state index contributed by atoms with van der Waals surface area (Å²) in [6.07, 6.45) is 4.10. The first-order valence-electron chi connectivity index (χ1n) is 7.49. The van der Waals surface area contributed by atoms with E-state index in [1.807, 2.05) is 17.0 Å². The lowest BCUT2D eigenvalue weighted by molar-refractivity contribution is -0.127. The minimum atomic E-state index is 0.196. The molecule has 22 heavy (non-hydrogen) atoms. The van der Waals surface area contributed by atoms with Crippen molar-refractivity contribution >= 4 is 17.7 Å². The molecular formula is C19H19NOS. The van der Waals surface area contributed by atoms with Crippen LogP contribution in [0, 0.1) is 0 Å². The summed E-state index contributed by atoms with van der Waals surface area (Å²) in [6, 6.07) is 20.8. The Balaban J connectivity index is 1.73. The van der Waals surface area contributed by atoms with Crippen LogP contribution in [-0.2, 0) is 4.79 Å². The van der Waals surface area contributed by atoms with Crippen molar-refractivity contribution in [3.63, 3.8) is 0 Å². The van der Waals surface area contributed by atoms with E-state index in [1.165, 1.54) is 11.1 Å². The number of rotatable bonds is 5. The van der Waals surface area contributed by atoms with Crippen LogP contribution in [0.25, 0.3) is 0 Å². The number of hydrogen-bond donors (Lipinski definition) is 0. The highest BCUT2D eigenvalue weighted by atomic mass is 32.2. The van der Waals surface area contributed by atoms with Crippen LogP contribution in [0.4, 0.5) is 0 Å². The number of carbonyl (C=O) groups excluding carboxylic acids is 1. The molecule has 2 aromatic rings. The second-order valence-corrected chi connectivity index (χ2v) is 6.38. The Morgan fingerprint density at radius 2 is 1.41 bits per heavy atom. The fourth-order valence-corrected chi connectivity index (χ4v) is 3.76. The Morgan fingerprint density at radius 3 is 1.91 bits per heavy atom. The van der Waals surface area contributed by atoms with Crippen molar-refractivity contribution in [3.8, 4) is 0 Å². The standard InChI is InChI=1S/C19H19NOS/c21-18(20-13-7-8-14-20)15-22-19(16-9-3-1-4-10-16)17-11-5-2-6-12-17/h1-12,19H,13-15H2. The number of carbonyl (C=O) groups is 1. The van der Waals surface area contributed by atoms with Crippen molar-refractivity contribution in [1.82, 2.24) is 4.90 Å². The number of nitrogens with zero attached hydrogens (tertiary/aromatic N) is 1. The molecule has 2 nitrogen and oxygen atoms in total. The van der Waals surface area contributed by atoms with Gasteiger partial charge in [0.2, 0.25) is 5.91 Å². The molecular weight excluding hydrogens is 290 g/mol. The van der Waals surface area contributed by atoms with Crippen LogP contribution >= 0.6 is 11.8 Å². The molecule has 3 rings (SSSR count). The Labute approximate surface area is 135 Å². The van der Waals surface area contributed by atoms with Gasteiger partial charge in [-0.25, -0.2) is 0 Å². The van der Waals surface area contributed by atoms with E-state index in [-0.39, 0.29) is 11.2 Å². The van der Waals surface area contributed by atoms with Gasteiger partial charge >= 0.3 is 0 Å². The van der Waals surface area contributed by atoms with Gasteiger partial charge < -0.3 is 4.90 Å². The van der Waals surface area contributed by atoms with E-state index in [0.29, 0.717) is 5.75 Å². The number of thioether (sulfide) groups is 1. The minimum Gasteiger partial charge on any atom is -0.335 e. The average molecular weight is 309 g/mol. The van der Waals surface area contributed by atoms with Crippen molar-refractivity contribution in [1.29, 1.82) is 0 Å². The Morgan fingerprint density at radius 1 is 0.909 bits per heavy atom. The van der Waals surface area contributed by atoms with E-state index < -0.39 is 0 Å². The molecule has 2 aromatic carbocycles. The summed E-state index contributed by atoms with van der Waals surface area (Å²) in [5.41, 5.74) is 2.48. The molecule has 1 aliphatic rings. The summed E-state index contributed by atoms with van der Waals surface area (Å²) in [6.45, 7) is 1.50. The van der Waals surface area contributed by atoms with Gasteiger partial charge in [0.05, 0.1) is 11.0 Å². The van der Waals surface area contributed by atoms with Crippen LogP contribution in [0.1, 0.15) is 16.4 Å². The van der Waals surface area contributed by atoms with Crippen molar-refractivity contribution in [3.05, 3.63) is 83.9 Å². The summed E-state index contributed by atoms with van der Waals surface area (Å²) in [5, 5.41) is 0.196. The summed E-state index contributed by atoms with van der Waals surface area (Å²) in [4.78, 5) is 14.2. The van der Waals surface area contributed by atoms with E-state index in [0.717, 1.165) is 13.1 Å². The molecule has 0 aromatic heterocycles. The fourth-order valence-electron chi connectivity index (χ4n) is 2.57. The molecule has 0 N–H and O–H groups in total. The van der Waals surface area contributed by atoms with Gasteiger partial charge in [-0.15, -0.1) is 11.8 Å². The first kappa shape index (κ1) is 14.9. The zero-order chi connectivity index (χ0) is 15.2. The normalized spacial score (nSPS) is 13.8. The number of hydrogen-bond acceptors (Lipinski definition) is 2. The maximum atomic E-state index is 12.3. The molecule has 0 fully saturated rings. The van der Waals surface area contributed by atoms with Crippen LogP contribution in [0.15, 0.2) is 72.8 Å². The maximum absolute atomic E-state index is 12.3. The Hall–Kier alpha value is -2.00. The molecule has 0 radical (unpaired) electrons. The molecule has 0 spiro atoms. The molecule has 1 amide bonds. The van der Waals surface area contributed by atoms with E-state index in [4.69, 9.17) is 0 Å². The van der Waals surface area contributed by atoms with Crippen LogP contribution in [0.3, 0.4) is 0 Å². The topological polar surface area (TPSA) is 20.3 Å². The van der Waals surface area contributed by atoms with Gasteiger partial charge in [0.15, 0.2) is 0 Å². The molecule has 0 saturated heterocycles. The van der Waals surface area contributed by atoms with Crippen molar-refractivity contribution in [2.75, 3.05) is 18.8 Å². The maximum Gasteiger partial charge on any atom is 0.233 e. The summed E-state index contributed by atoms with van der Waals surface area (Å²) in [7, 11) is 0. The molecule has 3 heteroatoms. The molecule has 0 aliphatic carbocycles. The lowest BCUT2D eigenvalue weighted by Gasteiger charge is -2.20. The summed E-state index contributed by atoms with van der Waals surface area (Å²) < 4.78 is 0. The van der Waals surface area contributed by atoms with E-state index in [2.05, 4.69) is 60.7 Å². The molecule has 0 unspecified atom stereocenters. The lowest BCUT2D eigenvalue weighted by Crippen LogP contribution is -2.30. The van der Waals surface area contributed by atoms with Gasteiger partial charge in [0, 0.05) is 13.1 Å². The second kappa shape index (κ2) is 7.32. The van der Waals surface area contributed by atoms with E-state index in [9.17, 15) is 4.79 Å². The van der Waals surface area contributed by atoms with Crippen LogP contribution in [-0.4, -0.2) is 29.6 Å². The van der Waals surface area contributed by atoms with Crippen molar-refractivity contribution in [2.24, 2.45) is 0 Å². The first-order valence-corrected chi connectivity index (χ1v) is 8.54. The van der Waals surface area contributed by atoms with Crippen LogP contribution in [0.5, 0.6) is 0 Å². The van der Waals surface area contributed by atoms with Gasteiger partial charge in [0.25, 0.3) is 0 Å². The third-order valence-corrected chi connectivity index (χ3v) is 5.04. The number of benzene rings is 2. The largest absolute Gasteiger partial charge is 0.335 e. The van der Waals surface area contributed by atoms with E-state index in [1.54, 1.807) is 11.8 Å². The third kappa shape index (κ3) is 3.60. The smallest absolute Gasteiger partial charge is 0.233 e. The third-order valence-electron chi connectivity index (χ3n) is 3.75. The highest BCUT2D eigenvalue weighted by Crippen LogP contribution is 2.35. The number of amides is 1. The summed E-state index contributed by atoms with van der Waals surface area (Å²) in [5.74, 6) is 0.725. The predicted molar refractivity (Wildman–Crippen MR) is 92.9 cm³/mol. The van der Waals surface area contributed by atoms with Crippen LogP contribution in [0.2, 0.25) is 0 Å². The van der Waals surface area contributed by atoms with Crippen LogP contribution < -0.4 is 0 Å². The summed E-state index contributed by atoms with van der Waals surface area (Å²) >= 11 is 1.70.